The Morgan fingerprint density at radius 1 is 0.952 bits per heavy atom. The summed E-state index contributed by atoms with van der Waals surface area (Å²) in [6.07, 6.45) is -4.77. The number of halogens is 6. The molecule has 2 aromatic heterocycles. The van der Waals surface area contributed by atoms with Gasteiger partial charge in [-0.3, -0.25) is 4.98 Å². The number of para-hydroxylation sites is 1. The number of nitrogens with zero attached hydrogens (tertiary/aromatic N) is 1. The first-order chi connectivity index (χ1) is 19.3. The molecular weight excluding hydrogens is 584 g/mol. The molecule has 2 heterocycles. The molecule has 0 aliphatic heterocycles. The number of hydrogen-bond donors (Lipinski definition) is 6. The number of alkyl halides is 6. The van der Waals surface area contributed by atoms with Crippen LogP contribution in [0.4, 0.5) is 26.3 Å². The number of hydrogen-bond acceptors (Lipinski definition) is 7. The van der Waals surface area contributed by atoms with Crippen LogP contribution in [-0.4, -0.2) is 79.3 Å². The third kappa shape index (κ3) is 11.6. The lowest BCUT2D eigenvalue weighted by atomic mass is 10.1. The third-order valence-electron chi connectivity index (χ3n) is 5.11. The first kappa shape index (κ1) is 35.6. The molecule has 0 aliphatic rings. The van der Waals surface area contributed by atoms with Crippen LogP contribution in [0.1, 0.15) is 31.1 Å². The molecule has 0 saturated heterocycles. The molecule has 0 saturated carbocycles. The summed E-state index contributed by atoms with van der Waals surface area (Å²) >= 11 is 0. The van der Waals surface area contributed by atoms with Crippen LogP contribution in [0, 0.1) is 0 Å². The molecule has 0 spiro atoms. The van der Waals surface area contributed by atoms with Crippen molar-refractivity contribution < 1.29 is 65.9 Å². The number of carboxylic acid groups (broad SMARTS) is 3. The lowest BCUT2D eigenvalue weighted by Gasteiger charge is -2.21. The van der Waals surface area contributed by atoms with Crippen molar-refractivity contribution in [2.75, 3.05) is 13.1 Å². The number of aliphatic hydroxyl groups excluding tert-OH is 1. The fourth-order valence-corrected chi connectivity index (χ4v) is 2.95. The maximum absolute atomic E-state index is 11.3. The van der Waals surface area contributed by atoms with Gasteiger partial charge < -0.3 is 35.5 Å². The number of carboxylic acids is 3. The Kier molecular flexibility index (Phi) is 12.7. The van der Waals surface area contributed by atoms with Crippen molar-refractivity contribution in [2.24, 2.45) is 0 Å². The van der Waals surface area contributed by atoms with Crippen LogP contribution < -0.4 is 10.1 Å². The molecule has 11 nitrogen and oxygen atoms in total. The fraction of sp³-hybridized carbons (Fsp3) is 0.360. The number of carbonyl (C=O) groups is 3. The van der Waals surface area contributed by atoms with Gasteiger partial charge in [-0.15, -0.1) is 0 Å². The van der Waals surface area contributed by atoms with E-state index in [1.165, 1.54) is 13.8 Å². The average molecular weight is 611 g/mol. The van der Waals surface area contributed by atoms with Crippen molar-refractivity contribution in [2.45, 2.75) is 44.3 Å². The number of aromatic nitrogens is 2. The number of nitrogens with one attached hydrogen (secondary N) is 2. The summed E-state index contributed by atoms with van der Waals surface area (Å²) in [5.41, 5.74) is 1.34. The highest BCUT2D eigenvalue weighted by Crippen LogP contribution is 2.30. The monoisotopic (exact) mass is 611 g/mol. The number of pyridine rings is 1. The molecule has 1 aromatic carbocycles. The Morgan fingerprint density at radius 3 is 2.00 bits per heavy atom. The number of aliphatic carboxylic acids is 3. The van der Waals surface area contributed by atoms with Crippen LogP contribution in [0.25, 0.3) is 10.9 Å². The van der Waals surface area contributed by atoms with E-state index in [0.717, 1.165) is 28.5 Å². The molecule has 42 heavy (non-hydrogen) atoms. The van der Waals surface area contributed by atoms with Crippen molar-refractivity contribution in [3.8, 4) is 5.75 Å². The molecule has 1 atom stereocenters. The Balaban J connectivity index is 0.000000522. The SMILES string of the molecule is CC(C)(Oc1cccc2c(CCNC[C@H](O)c3cccnc3)c[nH]c12)C(=O)O.O=C(O)C(F)(F)F.O=C(O)C(F)(F)F. The molecule has 0 radical (unpaired) electrons. The quantitative estimate of drug-likeness (QED) is 0.153. The van der Waals surface area contributed by atoms with Crippen molar-refractivity contribution in [1.82, 2.24) is 15.3 Å². The number of fused-ring (bicyclic) bond motifs is 1. The van der Waals surface area contributed by atoms with E-state index < -0.39 is 42.0 Å². The zero-order chi connectivity index (χ0) is 32.3. The summed E-state index contributed by atoms with van der Waals surface area (Å²) in [6, 6.07) is 9.24. The predicted octanol–water partition coefficient (Wildman–Crippen LogP) is 3.94. The molecule has 3 rings (SSSR count). The van der Waals surface area contributed by atoms with Crippen LogP contribution in [0.3, 0.4) is 0 Å². The van der Waals surface area contributed by atoms with E-state index in [1.54, 1.807) is 24.5 Å². The zero-order valence-corrected chi connectivity index (χ0v) is 22.0. The number of ether oxygens (including phenoxy) is 1. The van der Waals surface area contributed by atoms with Crippen LogP contribution in [0.2, 0.25) is 0 Å². The predicted molar refractivity (Wildman–Crippen MR) is 134 cm³/mol. The Morgan fingerprint density at radius 2 is 1.52 bits per heavy atom. The van der Waals surface area contributed by atoms with Crippen LogP contribution in [0.15, 0.2) is 48.9 Å². The van der Waals surface area contributed by atoms with Crippen LogP contribution in [0.5, 0.6) is 5.75 Å². The standard InChI is InChI=1S/C21H25N3O4.2C2HF3O2/c1-21(2,20(26)27)28-18-7-3-6-16-14(12-24-19(16)18)8-10-23-13-17(25)15-5-4-9-22-11-15;2*3-2(4,5)1(6)7/h3-7,9,11-12,17,23-25H,8,10,13H2,1-2H3,(H,26,27);2*(H,6,7)/t17-;;/m0../s1. The Bertz CT molecular complexity index is 1300. The topological polar surface area (TPSA) is 182 Å². The maximum atomic E-state index is 11.3. The van der Waals surface area contributed by atoms with Crippen molar-refractivity contribution in [3.63, 3.8) is 0 Å². The molecule has 6 N–H and O–H groups in total. The number of benzene rings is 1. The summed E-state index contributed by atoms with van der Waals surface area (Å²) in [6.45, 7) is 4.18. The van der Waals surface area contributed by atoms with Gasteiger partial charge in [-0.1, -0.05) is 18.2 Å². The number of rotatable bonds is 9. The van der Waals surface area contributed by atoms with E-state index in [1.807, 2.05) is 24.4 Å². The molecule has 0 unspecified atom stereocenters. The van der Waals surface area contributed by atoms with Gasteiger partial charge in [0.1, 0.15) is 5.75 Å². The summed E-state index contributed by atoms with van der Waals surface area (Å²) in [5, 5.41) is 37.9. The minimum Gasteiger partial charge on any atom is -0.478 e. The van der Waals surface area contributed by atoms with E-state index >= 15 is 0 Å². The van der Waals surface area contributed by atoms with Gasteiger partial charge in [0.05, 0.1) is 11.6 Å². The maximum Gasteiger partial charge on any atom is 0.490 e. The molecule has 0 fully saturated rings. The minimum absolute atomic E-state index is 0.440. The van der Waals surface area contributed by atoms with Gasteiger partial charge in [-0.05, 0) is 44.5 Å². The van der Waals surface area contributed by atoms with E-state index in [0.29, 0.717) is 18.8 Å². The van der Waals surface area contributed by atoms with E-state index in [9.17, 15) is 41.4 Å². The molecule has 3 aromatic rings. The average Bonchev–Trinajstić information content (AvgIpc) is 3.30. The number of H-pyrrole nitrogens is 1. The molecule has 0 amide bonds. The van der Waals surface area contributed by atoms with Gasteiger partial charge in [0, 0.05) is 36.1 Å². The largest absolute Gasteiger partial charge is 0.490 e. The summed E-state index contributed by atoms with van der Waals surface area (Å²) < 4.78 is 69.2. The van der Waals surface area contributed by atoms with Crippen LogP contribution in [-0.2, 0) is 20.8 Å². The molecule has 0 bridgehead atoms. The van der Waals surface area contributed by atoms with Crippen molar-refractivity contribution in [1.29, 1.82) is 0 Å². The number of aliphatic hydroxyl groups is 1. The summed E-state index contributed by atoms with van der Waals surface area (Å²) in [5.74, 6) is -6.02. The highest BCUT2D eigenvalue weighted by atomic mass is 19.4. The second-order valence-corrected chi connectivity index (χ2v) is 8.77. The summed E-state index contributed by atoms with van der Waals surface area (Å²) in [4.78, 5) is 36.3. The highest BCUT2D eigenvalue weighted by molar-refractivity contribution is 5.89. The van der Waals surface area contributed by atoms with Crippen molar-refractivity contribution in [3.05, 3.63) is 60.0 Å². The first-order valence-corrected chi connectivity index (χ1v) is 11.7. The third-order valence-corrected chi connectivity index (χ3v) is 5.11. The molecular formula is C25H27F6N3O8. The normalized spacial score (nSPS) is 12.3. The number of aromatic amines is 1. The van der Waals surface area contributed by atoms with E-state index in [2.05, 4.69) is 15.3 Å². The highest BCUT2D eigenvalue weighted by Gasteiger charge is 2.39. The Hall–Kier alpha value is -4.38. The molecule has 0 aliphatic carbocycles. The summed E-state index contributed by atoms with van der Waals surface area (Å²) in [7, 11) is 0. The lowest BCUT2D eigenvalue weighted by Crippen LogP contribution is -2.37. The van der Waals surface area contributed by atoms with Crippen molar-refractivity contribution >= 4 is 28.8 Å². The Labute approximate surface area is 233 Å². The van der Waals surface area contributed by atoms with E-state index in [-0.39, 0.29) is 0 Å². The second-order valence-electron chi connectivity index (χ2n) is 8.77. The first-order valence-electron chi connectivity index (χ1n) is 11.7. The molecule has 232 valence electrons. The van der Waals surface area contributed by atoms with Crippen LogP contribution >= 0.6 is 0 Å². The molecule has 17 heteroatoms. The fourth-order valence-electron chi connectivity index (χ4n) is 2.95. The minimum atomic E-state index is -5.08. The lowest BCUT2D eigenvalue weighted by molar-refractivity contribution is -0.193. The second kappa shape index (κ2) is 15.0. The van der Waals surface area contributed by atoms with Gasteiger partial charge >= 0.3 is 30.3 Å². The van der Waals surface area contributed by atoms with Gasteiger partial charge in [0.15, 0.2) is 5.60 Å². The van der Waals surface area contributed by atoms with Gasteiger partial charge in [0.2, 0.25) is 0 Å². The van der Waals surface area contributed by atoms with Gasteiger partial charge in [-0.2, -0.15) is 26.3 Å². The van der Waals surface area contributed by atoms with Gasteiger partial charge in [-0.25, -0.2) is 14.4 Å². The zero-order valence-electron chi connectivity index (χ0n) is 22.0. The smallest absolute Gasteiger partial charge is 0.478 e. The van der Waals surface area contributed by atoms with Gasteiger partial charge in [0.25, 0.3) is 0 Å². The van der Waals surface area contributed by atoms with E-state index in [4.69, 9.17) is 24.5 Å².